The minimum Gasteiger partial charge on any atom is -0.481 e. The summed E-state index contributed by atoms with van der Waals surface area (Å²) in [5, 5.41) is 17.9. The first-order valence-electron chi connectivity index (χ1n) is 12.0. The number of carbonyl (C=O) groups is 5. The van der Waals surface area contributed by atoms with Crippen LogP contribution in [0.5, 0.6) is 0 Å². The number of hydrogen-bond acceptors (Lipinski definition) is 9. The van der Waals surface area contributed by atoms with Crippen LogP contribution in [-0.4, -0.2) is 85.1 Å². The Hall–Kier alpha value is -3.68. The number of carbonyl (C=O) groups excluding carboxylic acids is 4. The first kappa shape index (κ1) is 31.5. The molecule has 3 amide bonds. The average Bonchev–Trinajstić information content (AvgIpc) is 3.34. The number of nitrogens with one attached hydrogen (secondary N) is 3. The van der Waals surface area contributed by atoms with Crippen molar-refractivity contribution in [3.8, 4) is 0 Å². The molecular formula is C26H34N4O8S. The van der Waals surface area contributed by atoms with E-state index in [4.69, 9.17) is 9.47 Å². The van der Waals surface area contributed by atoms with Gasteiger partial charge in [0.25, 0.3) is 5.91 Å². The fourth-order valence-corrected chi connectivity index (χ4v) is 4.22. The predicted molar refractivity (Wildman–Crippen MR) is 142 cm³/mol. The van der Waals surface area contributed by atoms with Gasteiger partial charge in [-0.25, -0.2) is 4.98 Å². The first-order chi connectivity index (χ1) is 18.4. The van der Waals surface area contributed by atoms with Crippen LogP contribution in [0, 0.1) is 12.3 Å². The zero-order valence-electron chi connectivity index (χ0n) is 22.5. The van der Waals surface area contributed by atoms with Crippen LogP contribution >= 0.6 is 11.3 Å². The smallest absolute Gasteiger partial charge is 0.316 e. The van der Waals surface area contributed by atoms with E-state index in [1.165, 1.54) is 34.3 Å². The van der Waals surface area contributed by atoms with Gasteiger partial charge in [-0.15, -0.1) is 11.3 Å². The van der Waals surface area contributed by atoms with Crippen LogP contribution in [0.1, 0.15) is 34.1 Å². The Morgan fingerprint density at radius 3 is 1.95 bits per heavy atom. The quantitative estimate of drug-likeness (QED) is 0.228. The largest absolute Gasteiger partial charge is 0.481 e. The highest BCUT2D eigenvalue weighted by Gasteiger charge is 2.41. The fourth-order valence-electron chi connectivity index (χ4n) is 3.54. The van der Waals surface area contributed by atoms with Crippen LogP contribution in [0.4, 0.5) is 0 Å². The van der Waals surface area contributed by atoms with Crippen molar-refractivity contribution >= 4 is 40.8 Å². The minimum absolute atomic E-state index is 0.0341. The van der Waals surface area contributed by atoms with Crippen LogP contribution in [0.25, 0.3) is 0 Å². The summed E-state index contributed by atoms with van der Waals surface area (Å²) in [7, 11) is 2.68. The molecule has 1 aromatic heterocycles. The zero-order chi connectivity index (χ0) is 29.2. The average molecular weight is 563 g/mol. The number of hydrogen-bond donors (Lipinski definition) is 4. The SMILES string of the molecule is COC[C@H](NC(=O)c1cnc(C)s1)C(=O)N[C@@H](COC)C(=O)N[C@@H](Cc1ccccc1)C(=O)C(C)(C)C(=O)O. The Morgan fingerprint density at radius 1 is 0.923 bits per heavy atom. The number of aromatic nitrogens is 1. The van der Waals surface area contributed by atoms with Crippen molar-refractivity contribution in [3.63, 3.8) is 0 Å². The van der Waals surface area contributed by atoms with Gasteiger partial charge >= 0.3 is 5.97 Å². The summed E-state index contributed by atoms with van der Waals surface area (Å²) in [5.74, 6) is -4.06. The number of carboxylic acid groups (broad SMARTS) is 1. The van der Waals surface area contributed by atoms with Crippen molar-refractivity contribution in [2.75, 3.05) is 27.4 Å². The molecule has 39 heavy (non-hydrogen) atoms. The van der Waals surface area contributed by atoms with Crippen molar-refractivity contribution in [2.24, 2.45) is 5.41 Å². The van der Waals surface area contributed by atoms with Gasteiger partial charge in [-0.1, -0.05) is 30.3 Å². The summed E-state index contributed by atoms with van der Waals surface area (Å²) in [6.45, 7) is 3.83. The molecule has 0 aliphatic carbocycles. The summed E-state index contributed by atoms with van der Waals surface area (Å²) in [5.41, 5.74) is -1.08. The summed E-state index contributed by atoms with van der Waals surface area (Å²) in [6, 6.07) is 5.18. The van der Waals surface area contributed by atoms with Crippen molar-refractivity contribution in [2.45, 2.75) is 45.3 Å². The van der Waals surface area contributed by atoms with Gasteiger partial charge in [0, 0.05) is 14.2 Å². The predicted octanol–water partition coefficient (Wildman–Crippen LogP) is 0.735. The van der Waals surface area contributed by atoms with Crippen molar-refractivity contribution in [3.05, 3.63) is 52.0 Å². The van der Waals surface area contributed by atoms with Crippen LogP contribution < -0.4 is 16.0 Å². The Balaban J connectivity index is 2.22. The maximum Gasteiger partial charge on any atom is 0.316 e. The second-order valence-electron chi connectivity index (χ2n) is 9.29. The van der Waals surface area contributed by atoms with Crippen molar-refractivity contribution in [1.82, 2.24) is 20.9 Å². The summed E-state index contributed by atoms with van der Waals surface area (Å²) in [4.78, 5) is 68.2. The molecule has 0 radical (unpaired) electrons. The number of carboxylic acids is 1. The van der Waals surface area contributed by atoms with E-state index in [0.29, 0.717) is 15.4 Å². The number of rotatable bonds is 15. The topological polar surface area (TPSA) is 173 Å². The summed E-state index contributed by atoms with van der Waals surface area (Å²) < 4.78 is 10.2. The first-order valence-corrected chi connectivity index (χ1v) is 12.9. The number of aliphatic carboxylic acids is 1. The molecule has 0 saturated heterocycles. The molecule has 2 aromatic rings. The molecule has 0 unspecified atom stereocenters. The highest BCUT2D eigenvalue weighted by molar-refractivity contribution is 7.13. The van der Waals surface area contributed by atoms with E-state index in [9.17, 15) is 29.1 Å². The molecule has 3 atom stereocenters. The van der Waals surface area contributed by atoms with Gasteiger partial charge in [-0.05, 0) is 32.8 Å². The molecule has 1 heterocycles. The Kier molecular flexibility index (Phi) is 11.7. The summed E-state index contributed by atoms with van der Waals surface area (Å²) >= 11 is 1.16. The highest BCUT2D eigenvalue weighted by Crippen LogP contribution is 2.21. The lowest BCUT2D eigenvalue weighted by Gasteiger charge is -2.28. The molecule has 1 aromatic carbocycles. The van der Waals surface area contributed by atoms with Crippen molar-refractivity contribution < 1.29 is 38.6 Å². The number of Topliss-reactive ketones (excluding diaryl/α,β-unsaturated/α-hetero) is 1. The number of ether oxygens (including phenoxy) is 2. The van der Waals surface area contributed by atoms with E-state index in [0.717, 1.165) is 11.3 Å². The lowest BCUT2D eigenvalue weighted by Crippen LogP contribution is -2.59. The molecule has 212 valence electrons. The van der Waals surface area contributed by atoms with E-state index in [2.05, 4.69) is 20.9 Å². The van der Waals surface area contributed by atoms with E-state index < -0.39 is 53.0 Å². The van der Waals surface area contributed by atoms with E-state index in [1.54, 1.807) is 37.3 Å². The Labute approximate surface area is 230 Å². The van der Waals surface area contributed by atoms with Gasteiger partial charge in [-0.3, -0.25) is 24.0 Å². The molecule has 12 nitrogen and oxygen atoms in total. The fraction of sp³-hybridized carbons (Fsp3) is 0.462. The third kappa shape index (κ3) is 8.94. The van der Waals surface area contributed by atoms with E-state index in [-0.39, 0.29) is 19.6 Å². The maximum atomic E-state index is 13.3. The number of aryl methyl sites for hydroxylation is 1. The standard InChI is InChI=1S/C26H34N4O8S/c1-15-27-12-20(39-15)24(34)30-19(14-38-5)23(33)29-18(13-37-4)22(32)28-17(11-16-9-7-6-8-10-16)21(31)26(2,3)25(35)36/h6-10,12,17-19H,11,13-14H2,1-5H3,(H,28,32)(H,29,33)(H,30,34)(H,35,36)/t17-,18-,19-/m0/s1. The summed E-state index contributed by atoms with van der Waals surface area (Å²) in [6.07, 6.45) is 1.42. The van der Waals surface area contributed by atoms with Gasteiger partial charge in [0.05, 0.1) is 30.5 Å². The van der Waals surface area contributed by atoms with E-state index in [1.807, 2.05) is 0 Å². The van der Waals surface area contributed by atoms with Crippen LogP contribution in [0.2, 0.25) is 0 Å². The number of thiazole rings is 1. The van der Waals surface area contributed by atoms with E-state index >= 15 is 0 Å². The third-order valence-electron chi connectivity index (χ3n) is 5.83. The number of benzene rings is 1. The van der Waals surface area contributed by atoms with Gasteiger partial charge in [-0.2, -0.15) is 0 Å². The van der Waals surface area contributed by atoms with Gasteiger partial charge < -0.3 is 30.5 Å². The molecule has 0 saturated carbocycles. The lowest BCUT2D eigenvalue weighted by atomic mass is 9.82. The lowest BCUT2D eigenvalue weighted by molar-refractivity contribution is -0.154. The molecule has 0 spiro atoms. The Morgan fingerprint density at radius 2 is 1.46 bits per heavy atom. The monoisotopic (exact) mass is 562 g/mol. The Bertz CT molecular complexity index is 1170. The maximum absolute atomic E-state index is 13.3. The van der Waals surface area contributed by atoms with Gasteiger partial charge in [0.1, 0.15) is 22.4 Å². The second-order valence-corrected chi connectivity index (χ2v) is 10.5. The molecule has 0 aliphatic rings. The highest BCUT2D eigenvalue weighted by atomic mass is 32.1. The zero-order valence-corrected chi connectivity index (χ0v) is 23.3. The third-order valence-corrected chi connectivity index (χ3v) is 6.74. The van der Waals surface area contributed by atoms with Gasteiger partial charge in [0.2, 0.25) is 11.8 Å². The molecular weight excluding hydrogens is 528 g/mol. The molecule has 4 N–H and O–H groups in total. The number of methoxy groups -OCH3 is 2. The number of nitrogens with zero attached hydrogens (tertiary/aromatic N) is 1. The van der Waals surface area contributed by atoms with Crippen molar-refractivity contribution in [1.29, 1.82) is 0 Å². The molecule has 0 fully saturated rings. The molecule has 13 heteroatoms. The van der Waals surface area contributed by atoms with Crippen LogP contribution in [0.3, 0.4) is 0 Å². The van der Waals surface area contributed by atoms with Gasteiger partial charge in [0.15, 0.2) is 5.78 Å². The number of amides is 3. The van der Waals surface area contributed by atoms with Crippen LogP contribution in [-0.2, 0) is 35.1 Å². The normalized spacial score (nSPS) is 13.6. The molecule has 0 aliphatic heterocycles. The minimum atomic E-state index is -1.78. The number of ketones is 1. The van der Waals surface area contributed by atoms with Crippen LogP contribution in [0.15, 0.2) is 36.5 Å². The second kappa shape index (κ2) is 14.5. The molecule has 0 bridgehead atoms. The molecule has 2 rings (SSSR count).